The van der Waals surface area contributed by atoms with Crippen molar-refractivity contribution < 1.29 is 19.4 Å². The smallest absolute Gasteiger partial charge is 0.278 e. The molecule has 4 rings (SSSR count). The molecule has 6 nitrogen and oxygen atoms in total. The lowest BCUT2D eigenvalue weighted by Crippen LogP contribution is -2.40. The number of amides is 2. The number of piperidine rings is 1. The number of imide groups is 1. The van der Waals surface area contributed by atoms with Gasteiger partial charge in [0.25, 0.3) is 11.8 Å². The first-order valence-electron chi connectivity index (χ1n) is 10.4. The summed E-state index contributed by atoms with van der Waals surface area (Å²) in [5, 5.41) is 10.3. The van der Waals surface area contributed by atoms with Gasteiger partial charge in [-0.3, -0.25) is 14.5 Å². The molecule has 2 amide bonds. The first-order valence-corrected chi connectivity index (χ1v) is 10.7. The first kappa shape index (κ1) is 21.4. The van der Waals surface area contributed by atoms with Crippen LogP contribution in [0.2, 0.25) is 5.02 Å². The molecule has 1 saturated heterocycles. The van der Waals surface area contributed by atoms with E-state index in [1.54, 1.807) is 43.5 Å². The van der Waals surface area contributed by atoms with E-state index in [4.69, 9.17) is 16.3 Å². The van der Waals surface area contributed by atoms with E-state index < -0.39 is 0 Å². The molecule has 0 spiro atoms. The van der Waals surface area contributed by atoms with Crippen LogP contribution >= 0.6 is 11.6 Å². The number of aliphatic hydroxyl groups is 1. The SMILES string of the molecule is COc1ccc(C2=C(N3CCCC(CO)C3)C(=O)N(Cc3ccc(Cl)cc3)C2=O)cc1. The first-order chi connectivity index (χ1) is 15.0. The minimum atomic E-state index is -0.314. The molecule has 0 radical (unpaired) electrons. The Hall–Kier alpha value is -2.83. The largest absolute Gasteiger partial charge is 0.497 e. The van der Waals surface area contributed by atoms with E-state index in [1.165, 1.54) is 4.90 Å². The second-order valence-corrected chi connectivity index (χ2v) is 8.35. The van der Waals surface area contributed by atoms with Crippen molar-refractivity contribution in [3.63, 3.8) is 0 Å². The van der Waals surface area contributed by atoms with E-state index in [0.29, 0.717) is 40.7 Å². The molecule has 31 heavy (non-hydrogen) atoms. The lowest BCUT2D eigenvalue weighted by Gasteiger charge is -2.34. The Morgan fingerprint density at radius 2 is 1.77 bits per heavy atom. The van der Waals surface area contributed by atoms with Gasteiger partial charge in [0.15, 0.2) is 0 Å². The van der Waals surface area contributed by atoms with Crippen LogP contribution in [0.25, 0.3) is 5.57 Å². The summed E-state index contributed by atoms with van der Waals surface area (Å²) >= 11 is 5.97. The Morgan fingerprint density at radius 1 is 1.06 bits per heavy atom. The van der Waals surface area contributed by atoms with E-state index >= 15 is 0 Å². The summed E-state index contributed by atoms with van der Waals surface area (Å²) in [6.07, 6.45) is 1.78. The third-order valence-electron chi connectivity index (χ3n) is 5.87. The van der Waals surface area contributed by atoms with Crippen LogP contribution in [-0.4, -0.2) is 53.5 Å². The Morgan fingerprint density at radius 3 is 2.42 bits per heavy atom. The van der Waals surface area contributed by atoms with Gasteiger partial charge < -0.3 is 14.7 Å². The standard InChI is InChI=1S/C24H25ClN2O4/c1-31-20-10-6-18(7-11-20)21-22(26-12-2-3-17(13-26)15-28)24(30)27(23(21)29)14-16-4-8-19(25)9-5-16/h4-11,17,28H,2-3,12-15H2,1H3. The normalized spacial score (nSPS) is 19.4. The lowest BCUT2D eigenvalue weighted by molar-refractivity contribution is -0.138. The number of rotatable bonds is 6. The minimum absolute atomic E-state index is 0.0677. The number of hydrogen-bond acceptors (Lipinski definition) is 5. The Bertz CT molecular complexity index is 1000. The summed E-state index contributed by atoms with van der Waals surface area (Å²) in [4.78, 5) is 30.2. The van der Waals surface area contributed by atoms with Gasteiger partial charge in [-0.1, -0.05) is 35.9 Å². The molecule has 0 aliphatic carbocycles. The number of hydrogen-bond donors (Lipinski definition) is 1. The van der Waals surface area contributed by atoms with Gasteiger partial charge in [0.2, 0.25) is 0 Å². The fourth-order valence-electron chi connectivity index (χ4n) is 4.21. The van der Waals surface area contributed by atoms with Gasteiger partial charge in [-0.05, 0) is 54.2 Å². The van der Waals surface area contributed by atoms with Gasteiger partial charge in [-0.2, -0.15) is 0 Å². The van der Waals surface area contributed by atoms with E-state index in [2.05, 4.69) is 0 Å². The molecule has 2 aromatic rings. The fourth-order valence-corrected chi connectivity index (χ4v) is 4.33. The van der Waals surface area contributed by atoms with Crippen molar-refractivity contribution in [2.24, 2.45) is 5.92 Å². The molecule has 162 valence electrons. The third kappa shape index (κ3) is 4.31. The Balaban J connectivity index is 1.72. The summed E-state index contributed by atoms with van der Waals surface area (Å²) < 4.78 is 5.23. The lowest BCUT2D eigenvalue weighted by atomic mass is 9.97. The van der Waals surface area contributed by atoms with Crippen molar-refractivity contribution in [1.82, 2.24) is 9.80 Å². The topological polar surface area (TPSA) is 70.1 Å². The molecule has 1 unspecified atom stereocenters. The zero-order valence-electron chi connectivity index (χ0n) is 17.4. The summed E-state index contributed by atoms with van der Waals surface area (Å²) in [7, 11) is 1.58. The molecule has 0 bridgehead atoms. The van der Waals surface area contributed by atoms with Crippen LogP contribution in [0.3, 0.4) is 0 Å². The Kier molecular flexibility index (Phi) is 6.30. The van der Waals surface area contributed by atoms with Crippen LogP contribution in [0.1, 0.15) is 24.0 Å². The highest BCUT2D eigenvalue weighted by Crippen LogP contribution is 2.35. The highest BCUT2D eigenvalue weighted by Gasteiger charge is 2.42. The average Bonchev–Trinajstić information content (AvgIpc) is 3.05. The number of aliphatic hydroxyl groups excluding tert-OH is 1. The van der Waals surface area contributed by atoms with E-state index in [1.807, 2.05) is 17.0 Å². The van der Waals surface area contributed by atoms with Crippen molar-refractivity contribution in [2.45, 2.75) is 19.4 Å². The summed E-state index contributed by atoms with van der Waals surface area (Å²) in [6, 6.07) is 14.3. The molecular formula is C24H25ClN2O4. The number of halogens is 1. The molecule has 2 aliphatic rings. The maximum absolute atomic E-state index is 13.5. The predicted octanol–water partition coefficient (Wildman–Crippen LogP) is 3.33. The quantitative estimate of drug-likeness (QED) is 0.698. The van der Waals surface area contributed by atoms with Gasteiger partial charge >= 0.3 is 0 Å². The highest BCUT2D eigenvalue weighted by molar-refractivity contribution is 6.35. The van der Waals surface area contributed by atoms with Crippen molar-refractivity contribution in [3.8, 4) is 5.75 Å². The molecule has 2 aromatic carbocycles. The zero-order valence-corrected chi connectivity index (χ0v) is 18.1. The van der Waals surface area contributed by atoms with Gasteiger partial charge in [0.1, 0.15) is 11.4 Å². The van der Waals surface area contributed by atoms with Crippen LogP contribution < -0.4 is 4.74 Å². The Labute approximate surface area is 186 Å². The summed E-state index contributed by atoms with van der Waals surface area (Å²) in [5.74, 6) is 0.154. The molecule has 1 atom stereocenters. The van der Waals surface area contributed by atoms with Crippen molar-refractivity contribution in [2.75, 3.05) is 26.8 Å². The molecule has 7 heteroatoms. The number of benzene rings is 2. The number of likely N-dealkylation sites (tertiary alicyclic amines) is 1. The minimum Gasteiger partial charge on any atom is -0.497 e. The van der Waals surface area contributed by atoms with Crippen LogP contribution in [-0.2, 0) is 16.1 Å². The predicted molar refractivity (Wildman–Crippen MR) is 118 cm³/mol. The second-order valence-electron chi connectivity index (χ2n) is 7.91. The van der Waals surface area contributed by atoms with E-state index in [-0.39, 0.29) is 30.9 Å². The summed E-state index contributed by atoms with van der Waals surface area (Å²) in [5.41, 5.74) is 2.33. The zero-order chi connectivity index (χ0) is 22.0. The molecule has 2 heterocycles. The third-order valence-corrected chi connectivity index (χ3v) is 6.12. The molecular weight excluding hydrogens is 416 g/mol. The van der Waals surface area contributed by atoms with E-state index in [9.17, 15) is 14.7 Å². The maximum Gasteiger partial charge on any atom is 0.278 e. The molecule has 1 N–H and O–H groups in total. The van der Waals surface area contributed by atoms with Crippen LogP contribution in [0, 0.1) is 5.92 Å². The van der Waals surface area contributed by atoms with Crippen LogP contribution in [0.4, 0.5) is 0 Å². The fraction of sp³-hybridized carbons (Fsp3) is 0.333. The van der Waals surface area contributed by atoms with Crippen molar-refractivity contribution >= 4 is 29.0 Å². The monoisotopic (exact) mass is 440 g/mol. The number of methoxy groups -OCH3 is 1. The number of carbonyl (C=O) groups excluding carboxylic acids is 2. The van der Waals surface area contributed by atoms with Crippen LogP contribution in [0.5, 0.6) is 5.75 Å². The summed E-state index contributed by atoms with van der Waals surface area (Å²) in [6.45, 7) is 1.48. The van der Waals surface area contributed by atoms with Crippen LogP contribution in [0.15, 0.2) is 54.2 Å². The molecule has 0 aromatic heterocycles. The second kappa shape index (κ2) is 9.12. The number of carbonyl (C=O) groups is 2. The molecule has 0 saturated carbocycles. The van der Waals surface area contributed by atoms with Crippen molar-refractivity contribution in [3.05, 3.63) is 70.4 Å². The maximum atomic E-state index is 13.5. The van der Waals surface area contributed by atoms with Gasteiger partial charge in [-0.25, -0.2) is 0 Å². The highest BCUT2D eigenvalue weighted by atomic mass is 35.5. The van der Waals surface area contributed by atoms with Gasteiger partial charge in [0.05, 0.1) is 19.2 Å². The number of ether oxygens (including phenoxy) is 1. The average molecular weight is 441 g/mol. The molecule has 1 fully saturated rings. The molecule has 2 aliphatic heterocycles. The van der Waals surface area contributed by atoms with Crippen molar-refractivity contribution in [1.29, 1.82) is 0 Å². The van der Waals surface area contributed by atoms with Gasteiger partial charge in [-0.15, -0.1) is 0 Å². The number of nitrogens with zero attached hydrogens (tertiary/aromatic N) is 2. The van der Waals surface area contributed by atoms with E-state index in [0.717, 1.165) is 18.4 Å². The van der Waals surface area contributed by atoms with Gasteiger partial charge in [0, 0.05) is 24.7 Å².